The number of pyridine rings is 1. The summed E-state index contributed by atoms with van der Waals surface area (Å²) in [6, 6.07) is 9.67. The highest BCUT2D eigenvalue weighted by Crippen LogP contribution is 2.33. The van der Waals surface area contributed by atoms with Gasteiger partial charge >= 0.3 is 0 Å². The van der Waals surface area contributed by atoms with Gasteiger partial charge in [-0.25, -0.2) is 0 Å². The van der Waals surface area contributed by atoms with Crippen molar-refractivity contribution in [2.45, 2.75) is 26.0 Å². The van der Waals surface area contributed by atoms with Crippen molar-refractivity contribution < 1.29 is 5.11 Å². The van der Waals surface area contributed by atoms with E-state index in [1.807, 2.05) is 44.2 Å². The molecule has 21 heavy (non-hydrogen) atoms. The molecule has 108 valence electrons. The maximum absolute atomic E-state index is 10.8. The summed E-state index contributed by atoms with van der Waals surface area (Å²) in [5, 5.41) is 16.5. The lowest BCUT2D eigenvalue weighted by molar-refractivity contribution is 0.206. The highest BCUT2D eigenvalue weighted by molar-refractivity contribution is 6.31. The molecule has 2 heterocycles. The van der Waals surface area contributed by atoms with Crippen LogP contribution in [0.25, 0.3) is 10.9 Å². The monoisotopic (exact) mass is 301 g/mol. The van der Waals surface area contributed by atoms with Crippen LogP contribution in [0.2, 0.25) is 5.02 Å². The van der Waals surface area contributed by atoms with Gasteiger partial charge in [-0.3, -0.25) is 9.67 Å². The molecule has 0 aliphatic carbocycles. The van der Waals surface area contributed by atoms with Crippen molar-refractivity contribution in [1.82, 2.24) is 14.8 Å². The van der Waals surface area contributed by atoms with E-state index in [1.165, 1.54) is 0 Å². The molecule has 0 radical (unpaired) electrons. The van der Waals surface area contributed by atoms with Gasteiger partial charge in [0, 0.05) is 17.6 Å². The molecule has 1 N–H and O–H groups in total. The van der Waals surface area contributed by atoms with Crippen molar-refractivity contribution in [2.24, 2.45) is 0 Å². The molecule has 0 fully saturated rings. The number of rotatable bonds is 3. The van der Waals surface area contributed by atoms with E-state index < -0.39 is 6.10 Å². The lowest BCUT2D eigenvalue weighted by Crippen LogP contribution is -2.13. The second-order valence-corrected chi connectivity index (χ2v) is 5.64. The molecule has 5 heteroatoms. The number of fused-ring (bicyclic) bond motifs is 1. The van der Waals surface area contributed by atoms with Gasteiger partial charge in [0.25, 0.3) is 0 Å². The standard InChI is InChI=1S/C16H16ClN3O/c1-10(2)20-15(13(17)9-19-20)16(21)12-7-8-18-14-6-4-3-5-11(12)14/h3-10,16,21H,1-2H3. The Balaban J connectivity index is 2.17. The van der Waals surface area contributed by atoms with Crippen LogP contribution in [-0.4, -0.2) is 19.9 Å². The van der Waals surface area contributed by atoms with E-state index >= 15 is 0 Å². The molecule has 3 aromatic rings. The van der Waals surface area contributed by atoms with Gasteiger partial charge < -0.3 is 5.11 Å². The van der Waals surface area contributed by atoms with Gasteiger partial charge in [-0.1, -0.05) is 29.8 Å². The number of aliphatic hydroxyl groups excluding tert-OH is 1. The number of hydrogen-bond acceptors (Lipinski definition) is 3. The van der Waals surface area contributed by atoms with E-state index in [9.17, 15) is 5.11 Å². The highest BCUT2D eigenvalue weighted by Gasteiger charge is 2.22. The summed E-state index contributed by atoms with van der Waals surface area (Å²) in [5.74, 6) is 0. The van der Waals surface area contributed by atoms with Gasteiger partial charge in [-0.05, 0) is 31.5 Å². The van der Waals surface area contributed by atoms with Crippen LogP contribution < -0.4 is 0 Å². The molecular weight excluding hydrogens is 286 g/mol. The van der Waals surface area contributed by atoms with Gasteiger partial charge in [0.2, 0.25) is 0 Å². The maximum atomic E-state index is 10.8. The van der Waals surface area contributed by atoms with E-state index in [-0.39, 0.29) is 6.04 Å². The average Bonchev–Trinajstić information content (AvgIpc) is 2.88. The summed E-state index contributed by atoms with van der Waals surface area (Å²) < 4.78 is 1.75. The van der Waals surface area contributed by atoms with Gasteiger partial charge in [0.1, 0.15) is 6.10 Å². The fourth-order valence-electron chi connectivity index (χ4n) is 2.52. The van der Waals surface area contributed by atoms with Crippen molar-refractivity contribution in [1.29, 1.82) is 0 Å². The first-order valence-electron chi connectivity index (χ1n) is 6.84. The summed E-state index contributed by atoms with van der Waals surface area (Å²) >= 11 is 6.23. The minimum atomic E-state index is -0.838. The Morgan fingerprint density at radius 2 is 1.95 bits per heavy atom. The van der Waals surface area contributed by atoms with Crippen molar-refractivity contribution in [3.8, 4) is 0 Å². The number of para-hydroxylation sites is 1. The quantitative estimate of drug-likeness (QED) is 0.801. The zero-order chi connectivity index (χ0) is 15.0. The third-order valence-corrected chi connectivity index (χ3v) is 3.80. The summed E-state index contributed by atoms with van der Waals surface area (Å²) in [7, 11) is 0. The predicted molar refractivity (Wildman–Crippen MR) is 83.4 cm³/mol. The van der Waals surface area contributed by atoms with Crippen LogP contribution in [0.3, 0.4) is 0 Å². The second kappa shape index (κ2) is 5.47. The molecule has 4 nitrogen and oxygen atoms in total. The molecule has 0 amide bonds. The van der Waals surface area contributed by atoms with Crippen molar-refractivity contribution in [3.05, 3.63) is 59.0 Å². The van der Waals surface area contributed by atoms with E-state index in [2.05, 4.69) is 10.1 Å². The Morgan fingerprint density at radius 3 is 2.71 bits per heavy atom. The fraction of sp³-hybridized carbons (Fsp3) is 0.250. The van der Waals surface area contributed by atoms with Gasteiger partial charge in [0.05, 0.1) is 22.4 Å². The molecule has 0 bridgehead atoms. The van der Waals surface area contributed by atoms with Crippen molar-refractivity contribution in [2.75, 3.05) is 0 Å². The number of nitrogens with zero attached hydrogens (tertiary/aromatic N) is 3. The van der Waals surface area contributed by atoms with E-state index in [0.29, 0.717) is 10.7 Å². The molecule has 1 unspecified atom stereocenters. The van der Waals surface area contributed by atoms with Crippen LogP contribution in [-0.2, 0) is 0 Å². The Hall–Kier alpha value is -1.91. The van der Waals surface area contributed by atoms with E-state index in [0.717, 1.165) is 16.5 Å². The topological polar surface area (TPSA) is 50.9 Å². The molecule has 0 saturated carbocycles. The third-order valence-electron chi connectivity index (χ3n) is 3.51. The Bertz CT molecular complexity index is 777. The van der Waals surface area contributed by atoms with Crippen LogP contribution in [0.4, 0.5) is 0 Å². The Labute approximate surface area is 128 Å². The molecule has 0 saturated heterocycles. The predicted octanol–water partition coefficient (Wildman–Crippen LogP) is 3.75. The zero-order valence-electron chi connectivity index (χ0n) is 11.9. The van der Waals surface area contributed by atoms with Crippen LogP contribution in [0.1, 0.15) is 37.3 Å². The summed E-state index contributed by atoms with van der Waals surface area (Å²) in [4.78, 5) is 4.32. The molecule has 1 aromatic carbocycles. The van der Waals surface area contributed by atoms with Crippen molar-refractivity contribution >= 4 is 22.5 Å². The highest BCUT2D eigenvalue weighted by atomic mass is 35.5. The molecule has 0 aliphatic heterocycles. The summed E-state index contributed by atoms with van der Waals surface area (Å²) in [5.41, 5.74) is 2.24. The van der Waals surface area contributed by atoms with Gasteiger partial charge in [0.15, 0.2) is 0 Å². The number of halogens is 1. The van der Waals surface area contributed by atoms with Gasteiger partial charge in [-0.2, -0.15) is 5.10 Å². The van der Waals surface area contributed by atoms with Crippen molar-refractivity contribution in [3.63, 3.8) is 0 Å². The summed E-state index contributed by atoms with van der Waals surface area (Å²) in [6.07, 6.45) is 2.43. The lowest BCUT2D eigenvalue weighted by atomic mass is 10.0. The van der Waals surface area contributed by atoms with Gasteiger partial charge in [-0.15, -0.1) is 0 Å². The van der Waals surface area contributed by atoms with Crippen LogP contribution in [0, 0.1) is 0 Å². The first-order valence-corrected chi connectivity index (χ1v) is 7.22. The second-order valence-electron chi connectivity index (χ2n) is 5.24. The molecule has 0 spiro atoms. The largest absolute Gasteiger partial charge is 0.382 e. The minimum absolute atomic E-state index is 0.121. The smallest absolute Gasteiger partial charge is 0.123 e. The van der Waals surface area contributed by atoms with E-state index in [4.69, 9.17) is 11.6 Å². The van der Waals surface area contributed by atoms with Crippen LogP contribution in [0.5, 0.6) is 0 Å². The number of benzene rings is 1. The van der Waals surface area contributed by atoms with E-state index in [1.54, 1.807) is 17.1 Å². The maximum Gasteiger partial charge on any atom is 0.123 e. The lowest BCUT2D eigenvalue weighted by Gasteiger charge is -2.18. The molecule has 2 aromatic heterocycles. The van der Waals surface area contributed by atoms with Crippen LogP contribution in [0.15, 0.2) is 42.7 Å². The summed E-state index contributed by atoms with van der Waals surface area (Å²) in [6.45, 7) is 4.01. The molecule has 1 atom stereocenters. The Kier molecular flexibility index (Phi) is 3.66. The average molecular weight is 302 g/mol. The number of aliphatic hydroxyl groups is 1. The first kappa shape index (κ1) is 14.0. The normalized spacial score (nSPS) is 13.0. The first-order chi connectivity index (χ1) is 10.1. The zero-order valence-corrected chi connectivity index (χ0v) is 12.6. The minimum Gasteiger partial charge on any atom is -0.382 e. The number of aromatic nitrogens is 3. The molecule has 3 rings (SSSR count). The number of hydrogen-bond donors (Lipinski definition) is 1. The van der Waals surface area contributed by atoms with Crippen LogP contribution >= 0.6 is 11.6 Å². The molecule has 0 aliphatic rings. The Morgan fingerprint density at radius 1 is 1.19 bits per heavy atom. The third kappa shape index (κ3) is 2.41. The SMILES string of the molecule is CC(C)n1ncc(Cl)c1C(O)c1ccnc2ccccc12. The molecular formula is C16H16ClN3O. The fourth-order valence-corrected chi connectivity index (χ4v) is 2.76.